The van der Waals surface area contributed by atoms with Crippen molar-refractivity contribution in [3.63, 3.8) is 0 Å². The van der Waals surface area contributed by atoms with Gasteiger partial charge in [0, 0.05) is 17.9 Å². The first-order valence-electron chi connectivity index (χ1n) is 8.20. The van der Waals surface area contributed by atoms with E-state index in [2.05, 4.69) is 52.4 Å². The summed E-state index contributed by atoms with van der Waals surface area (Å²) < 4.78 is 2.07. The van der Waals surface area contributed by atoms with Gasteiger partial charge in [-0.25, -0.2) is 4.68 Å². The zero-order chi connectivity index (χ0) is 14.5. The van der Waals surface area contributed by atoms with Crippen LogP contribution in [0, 0.1) is 5.92 Å². The van der Waals surface area contributed by atoms with Gasteiger partial charge >= 0.3 is 0 Å². The van der Waals surface area contributed by atoms with Crippen LogP contribution in [0.25, 0.3) is 5.69 Å². The number of benzene rings is 1. The highest BCUT2D eigenvalue weighted by atomic mass is 15.3. The fourth-order valence-corrected chi connectivity index (χ4v) is 2.96. The van der Waals surface area contributed by atoms with Gasteiger partial charge in [-0.15, -0.1) is 0 Å². The van der Waals surface area contributed by atoms with E-state index in [1.165, 1.54) is 31.4 Å². The summed E-state index contributed by atoms with van der Waals surface area (Å²) in [5.41, 5.74) is 2.46. The number of hydrogen-bond donors (Lipinski definition) is 1. The Kier molecular flexibility index (Phi) is 4.71. The van der Waals surface area contributed by atoms with Crippen LogP contribution in [-0.4, -0.2) is 22.4 Å². The smallest absolute Gasteiger partial charge is 0.0648 e. The van der Waals surface area contributed by atoms with Gasteiger partial charge in [0.15, 0.2) is 0 Å². The average molecular weight is 283 g/mol. The van der Waals surface area contributed by atoms with E-state index in [1.807, 2.05) is 12.3 Å². The third-order valence-electron chi connectivity index (χ3n) is 4.28. The second-order valence-electron chi connectivity index (χ2n) is 6.01. The molecule has 1 aliphatic rings. The standard InChI is InChI=1S/C18H25N3/c1-2-13-19-18(15-8-9-15)11-10-17-12-14-20-21(17)16-6-4-3-5-7-16/h3-7,12,14-15,18-19H,2,8-11,13H2,1H3. The summed E-state index contributed by atoms with van der Waals surface area (Å²) in [6.07, 6.45) is 8.23. The summed E-state index contributed by atoms with van der Waals surface area (Å²) in [6, 6.07) is 13.2. The Morgan fingerprint density at radius 1 is 1.24 bits per heavy atom. The molecule has 0 amide bonds. The van der Waals surface area contributed by atoms with Crippen molar-refractivity contribution in [1.29, 1.82) is 0 Å². The summed E-state index contributed by atoms with van der Waals surface area (Å²) in [5.74, 6) is 0.907. The van der Waals surface area contributed by atoms with E-state index in [0.717, 1.165) is 24.6 Å². The highest BCUT2D eigenvalue weighted by molar-refractivity contribution is 5.32. The number of aryl methyl sites for hydroxylation is 1. The molecule has 0 radical (unpaired) electrons. The second kappa shape index (κ2) is 6.90. The topological polar surface area (TPSA) is 29.9 Å². The van der Waals surface area contributed by atoms with Gasteiger partial charge in [-0.05, 0) is 62.8 Å². The van der Waals surface area contributed by atoms with E-state index < -0.39 is 0 Å². The maximum atomic E-state index is 4.48. The van der Waals surface area contributed by atoms with Crippen molar-refractivity contribution in [1.82, 2.24) is 15.1 Å². The molecule has 0 spiro atoms. The maximum absolute atomic E-state index is 4.48. The normalized spacial score (nSPS) is 16.0. The molecule has 1 heterocycles. The van der Waals surface area contributed by atoms with E-state index in [1.54, 1.807) is 0 Å². The SMILES string of the molecule is CCCNC(CCc1ccnn1-c1ccccc1)C1CC1. The molecule has 1 fully saturated rings. The average Bonchev–Trinajstić information content (AvgIpc) is 3.26. The Morgan fingerprint density at radius 3 is 2.76 bits per heavy atom. The number of hydrogen-bond acceptors (Lipinski definition) is 2. The van der Waals surface area contributed by atoms with Crippen LogP contribution in [0.4, 0.5) is 0 Å². The first kappa shape index (κ1) is 14.3. The third kappa shape index (κ3) is 3.73. The largest absolute Gasteiger partial charge is 0.314 e. The predicted octanol–water partition coefficient (Wildman–Crippen LogP) is 3.58. The molecular formula is C18H25N3. The van der Waals surface area contributed by atoms with Crippen LogP contribution < -0.4 is 5.32 Å². The van der Waals surface area contributed by atoms with Crippen LogP contribution in [0.5, 0.6) is 0 Å². The molecule has 1 N–H and O–H groups in total. The molecule has 0 saturated heterocycles. The number of rotatable bonds is 8. The van der Waals surface area contributed by atoms with Crippen LogP contribution in [0.3, 0.4) is 0 Å². The Labute approximate surface area is 127 Å². The minimum absolute atomic E-state index is 0.684. The van der Waals surface area contributed by atoms with E-state index in [0.29, 0.717) is 6.04 Å². The van der Waals surface area contributed by atoms with Crippen LogP contribution in [0.15, 0.2) is 42.6 Å². The summed E-state index contributed by atoms with van der Waals surface area (Å²) in [5, 5.41) is 8.21. The highest BCUT2D eigenvalue weighted by Crippen LogP contribution is 2.34. The van der Waals surface area contributed by atoms with Gasteiger partial charge in [-0.3, -0.25) is 0 Å². The lowest BCUT2D eigenvalue weighted by molar-refractivity contribution is 0.432. The summed E-state index contributed by atoms with van der Waals surface area (Å²) >= 11 is 0. The van der Waals surface area contributed by atoms with Gasteiger partial charge < -0.3 is 5.32 Å². The molecule has 1 saturated carbocycles. The van der Waals surface area contributed by atoms with Crippen molar-refractivity contribution in [2.24, 2.45) is 5.92 Å². The zero-order valence-electron chi connectivity index (χ0n) is 12.8. The number of nitrogens with zero attached hydrogens (tertiary/aromatic N) is 2. The molecule has 3 rings (SSSR count). The van der Waals surface area contributed by atoms with Crippen molar-refractivity contribution >= 4 is 0 Å². The Hall–Kier alpha value is -1.61. The molecule has 1 unspecified atom stereocenters. The Balaban J connectivity index is 1.64. The van der Waals surface area contributed by atoms with Gasteiger partial charge in [0.2, 0.25) is 0 Å². The number of aromatic nitrogens is 2. The van der Waals surface area contributed by atoms with Gasteiger partial charge in [0.25, 0.3) is 0 Å². The minimum atomic E-state index is 0.684. The van der Waals surface area contributed by atoms with Crippen molar-refractivity contribution in [2.75, 3.05) is 6.54 Å². The van der Waals surface area contributed by atoms with Crippen LogP contribution in [0.1, 0.15) is 38.3 Å². The van der Waals surface area contributed by atoms with Gasteiger partial charge in [-0.1, -0.05) is 25.1 Å². The molecule has 3 nitrogen and oxygen atoms in total. The summed E-state index contributed by atoms with van der Waals surface area (Å²) in [6.45, 7) is 3.38. The monoisotopic (exact) mass is 283 g/mol. The molecule has 3 heteroatoms. The van der Waals surface area contributed by atoms with Gasteiger partial charge in [0.1, 0.15) is 0 Å². The van der Waals surface area contributed by atoms with Gasteiger partial charge in [-0.2, -0.15) is 5.10 Å². The van der Waals surface area contributed by atoms with Gasteiger partial charge in [0.05, 0.1) is 5.69 Å². The molecule has 1 aromatic heterocycles. The molecule has 1 aromatic carbocycles. The quantitative estimate of drug-likeness (QED) is 0.802. The zero-order valence-corrected chi connectivity index (χ0v) is 12.8. The summed E-state index contributed by atoms with van der Waals surface area (Å²) in [7, 11) is 0. The van der Waals surface area contributed by atoms with Crippen molar-refractivity contribution in [3.8, 4) is 5.69 Å². The molecule has 2 aromatic rings. The molecule has 21 heavy (non-hydrogen) atoms. The van der Waals surface area contributed by atoms with Crippen molar-refractivity contribution < 1.29 is 0 Å². The first-order valence-corrected chi connectivity index (χ1v) is 8.20. The second-order valence-corrected chi connectivity index (χ2v) is 6.01. The molecule has 0 aliphatic heterocycles. The van der Waals surface area contributed by atoms with E-state index >= 15 is 0 Å². The lowest BCUT2D eigenvalue weighted by Gasteiger charge is -2.18. The molecule has 112 valence electrons. The number of para-hydroxylation sites is 1. The highest BCUT2D eigenvalue weighted by Gasteiger charge is 2.30. The Bertz CT molecular complexity index is 543. The maximum Gasteiger partial charge on any atom is 0.0648 e. The fraction of sp³-hybridized carbons (Fsp3) is 0.500. The van der Waals surface area contributed by atoms with Crippen LogP contribution >= 0.6 is 0 Å². The van der Waals surface area contributed by atoms with Crippen LogP contribution in [-0.2, 0) is 6.42 Å². The lowest BCUT2D eigenvalue weighted by atomic mass is 10.0. The fourth-order valence-electron chi connectivity index (χ4n) is 2.96. The van der Waals surface area contributed by atoms with E-state index in [-0.39, 0.29) is 0 Å². The Morgan fingerprint density at radius 2 is 2.05 bits per heavy atom. The summed E-state index contributed by atoms with van der Waals surface area (Å²) in [4.78, 5) is 0. The van der Waals surface area contributed by atoms with E-state index in [4.69, 9.17) is 0 Å². The number of nitrogens with one attached hydrogen (secondary N) is 1. The lowest BCUT2D eigenvalue weighted by Crippen LogP contribution is -2.32. The minimum Gasteiger partial charge on any atom is -0.314 e. The van der Waals surface area contributed by atoms with Crippen LogP contribution in [0.2, 0.25) is 0 Å². The first-order chi connectivity index (χ1) is 10.4. The van der Waals surface area contributed by atoms with E-state index in [9.17, 15) is 0 Å². The molecule has 1 aliphatic carbocycles. The molecular weight excluding hydrogens is 258 g/mol. The van der Waals surface area contributed by atoms with Crippen molar-refractivity contribution in [3.05, 3.63) is 48.3 Å². The van der Waals surface area contributed by atoms with Crippen molar-refractivity contribution in [2.45, 2.75) is 45.1 Å². The third-order valence-corrected chi connectivity index (χ3v) is 4.28. The molecule has 1 atom stereocenters. The molecule has 0 bridgehead atoms. The predicted molar refractivity (Wildman–Crippen MR) is 86.7 cm³/mol.